The van der Waals surface area contributed by atoms with Crippen molar-refractivity contribution in [2.45, 2.75) is 30.9 Å². The van der Waals surface area contributed by atoms with Crippen molar-refractivity contribution in [1.29, 1.82) is 0 Å². The smallest absolute Gasteiger partial charge is 0.416 e. The molecule has 16 heteroatoms. The Hall–Kier alpha value is -7.10. The summed E-state index contributed by atoms with van der Waals surface area (Å²) in [7, 11) is 12.9. The molecule has 0 bridgehead atoms. The minimum absolute atomic E-state index is 0.0780. The lowest BCUT2D eigenvalue weighted by molar-refractivity contribution is -0.144. The third-order valence-electron chi connectivity index (χ3n) is 10.1. The van der Waals surface area contributed by atoms with E-state index in [4.69, 9.17) is 47.4 Å². The predicted molar refractivity (Wildman–Crippen MR) is 222 cm³/mol. The van der Waals surface area contributed by atoms with E-state index in [-0.39, 0.29) is 25.1 Å². The fourth-order valence-electron chi connectivity index (χ4n) is 7.04. The van der Waals surface area contributed by atoms with E-state index in [1.807, 2.05) is 0 Å². The second kappa shape index (κ2) is 20.7. The molecule has 0 fully saturated rings. The standard InChI is InChI=1S/C45H50N2O14/c1-52-31-15-10-26(23-35(31)56-5)20-21-47(45(51)60-9)43(49)40-39-28(12-18-34(55-4)42(39)61-41(40)29-13-17-33(54-3)37(25-29)58-7)14-19-38(48)46-30(44(50)59-8)22-27-11-16-32(53-2)36(24-27)57-6/h10-19,23-25,30,40-41H,20-22H2,1-9H3,(H,46,48)/b19-14+. The first-order valence-corrected chi connectivity index (χ1v) is 19.0. The molecule has 0 saturated heterocycles. The number of nitrogens with one attached hydrogen (secondary N) is 1. The number of hydrogen-bond acceptors (Lipinski definition) is 14. The Kier molecular flexibility index (Phi) is 15.3. The average molecular weight is 843 g/mol. The van der Waals surface area contributed by atoms with Crippen molar-refractivity contribution >= 4 is 30.0 Å². The van der Waals surface area contributed by atoms with E-state index in [0.29, 0.717) is 62.5 Å². The summed E-state index contributed by atoms with van der Waals surface area (Å²) < 4.78 is 55.1. The number of nitrogens with zero attached hydrogens (tertiary/aromatic N) is 1. The highest BCUT2D eigenvalue weighted by atomic mass is 16.6. The van der Waals surface area contributed by atoms with Crippen LogP contribution in [0.5, 0.6) is 46.0 Å². The Bertz CT molecular complexity index is 2260. The molecule has 0 aromatic heterocycles. The van der Waals surface area contributed by atoms with Crippen LogP contribution in [-0.4, -0.2) is 105 Å². The first-order chi connectivity index (χ1) is 29.5. The molecule has 0 saturated carbocycles. The van der Waals surface area contributed by atoms with Crippen molar-refractivity contribution in [2.75, 3.05) is 70.5 Å². The zero-order valence-corrected chi connectivity index (χ0v) is 35.5. The molecule has 0 spiro atoms. The molecule has 1 aliphatic heterocycles. The number of imide groups is 1. The molecule has 0 radical (unpaired) electrons. The number of carbonyl (C=O) groups is 4. The molecule has 1 aliphatic rings. The molecule has 16 nitrogen and oxygen atoms in total. The zero-order valence-electron chi connectivity index (χ0n) is 35.5. The Balaban J connectivity index is 1.55. The van der Waals surface area contributed by atoms with Gasteiger partial charge in [0.05, 0.1) is 64.0 Å². The van der Waals surface area contributed by atoms with E-state index >= 15 is 4.79 Å². The van der Waals surface area contributed by atoms with Crippen LogP contribution in [0.2, 0.25) is 0 Å². The van der Waals surface area contributed by atoms with Crippen LogP contribution in [0.25, 0.3) is 6.08 Å². The molecule has 324 valence electrons. The molecule has 1 N–H and O–H groups in total. The molecule has 3 unspecified atom stereocenters. The number of esters is 1. The van der Waals surface area contributed by atoms with Crippen LogP contribution in [0.3, 0.4) is 0 Å². The van der Waals surface area contributed by atoms with Crippen LogP contribution in [0, 0.1) is 0 Å². The summed E-state index contributed by atoms with van der Waals surface area (Å²) in [6.45, 7) is -0.0853. The van der Waals surface area contributed by atoms with Gasteiger partial charge in [0, 0.05) is 24.6 Å². The quantitative estimate of drug-likeness (QED) is 0.0952. The largest absolute Gasteiger partial charge is 0.493 e. The molecule has 4 aromatic carbocycles. The van der Waals surface area contributed by atoms with Crippen LogP contribution in [0.15, 0.2) is 72.8 Å². The molecule has 3 atom stereocenters. The van der Waals surface area contributed by atoms with Gasteiger partial charge < -0.3 is 52.7 Å². The maximum atomic E-state index is 15.0. The Morgan fingerprint density at radius 3 is 1.77 bits per heavy atom. The predicted octanol–water partition coefficient (Wildman–Crippen LogP) is 5.72. The van der Waals surface area contributed by atoms with E-state index < -0.39 is 41.9 Å². The van der Waals surface area contributed by atoms with E-state index in [1.54, 1.807) is 66.7 Å². The highest BCUT2D eigenvalue weighted by Gasteiger charge is 2.47. The molecular weight excluding hydrogens is 792 g/mol. The maximum absolute atomic E-state index is 15.0. The van der Waals surface area contributed by atoms with Gasteiger partial charge in [-0.3, -0.25) is 9.59 Å². The van der Waals surface area contributed by atoms with Crippen molar-refractivity contribution in [3.8, 4) is 46.0 Å². The number of fused-ring (bicyclic) bond motifs is 1. The maximum Gasteiger partial charge on any atom is 0.416 e. The fraction of sp³-hybridized carbons (Fsp3) is 0.333. The first kappa shape index (κ1) is 45.0. The van der Waals surface area contributed by atoms with E-state index in [0.717, 1.165) is 10.5 Å². The normalized spacial score (nSPS) is 14.4. The molecule has 3 amide bonds. The number of methoxy groups -OCH3 is 9. The molecule has 61 heavy (non-hydrogen) atoms. The number of benzene rings is 4. The van der Waals surface area contributed by atoms with E-state index in [1.165, 1.54) is 76.1 Å². The summed E-state index contributed by atoms with van der Waals surface area (Å²) in [4.78, 5) is 56.1. The summed E-state index contributed by atoms with van der Waals surface area (Å²) in [6, 6.07) is 17.8. The summed E-state index contributed by atoms with van der Waals surface area (Å²) >= 11 is 0. The van der Waals surface area contributed by atoms with Crippen LogP contribution in [-0.2, 0) is 36.7 Å². The summed E-state index contributed by atoms with van der Waals surface area (Å²) in [5, 5.41) is 2.72. The van der Waals surface area contributed by atoms with Gasteiger partial charge in [0.15, 0.2) is 46.0 Å². The number of carbonyl (C=O) groups excluding carboxylic acids is 4. The van der Waals surface area contributed by atoms with Gasteiger partial charge in [-0.1, -0.05) is 24.3 Å². The van der Waals surface area contributed by atoms with Gasteiger partial charge in [-0.2, -0.15) is 0 Å². The Morgan fingerprint density at radius 2 is 1.20 bits per heavy atom. The highest BCUT2D eigenvalue weighted by molar-refractivity contribution is 5.99. The Morgan fingerprint density at radius 1 is 0.656 bits per heavy atom. The number of rotatable bonds is 18. The number of ether oxygens (including phenoxy) is 10. The molecule has 1 heterocycles. The lowest BCUT2D eigenvalue weighted by Gasteiger charge is -2.26. The fourth-order valence-corrected chi connectivity index (χ4v) is 7.04. The van der Waals surface area contributed by atoms with Crippen LogP contribution >= 0.6 is 0 Å². The second-order valence-corrected chi connectivity index (χ2v) is 13.4. The summed E-state index contributed by atoms with van der Waals surface area (Å²) in [6.07, 6.45) is 1.11. The molecule has 4 aromatic rings. The third-order valence-corrected chi connectivity index (χ3v) is 10.1. The minimum Gasteiger partial charge on any atom is -0.493 e. The van der Waals surface area contributed by atoms with Gasteiger partial charge in [-0.15, -0.1) is 0 Å². The Labute approximate surface area is 354 Å². The number of amides is 3. The SMILES string of the molecule is COC(=O)C(Cc1ccc(OC)c(OC)c1)NC(=O)/C=C/c1ccc(OC)c2c1C(C(=O)N(CCc1ccc(OC)c(OC)c1)C(=O)OC)C(c1ccc(OC)c(OC)c1)O2. The summed E-state index contributed by atoms with van der Waals surface area (Å²) in [5.41, 5.74) is 2.68. The topological polar surface area (TPSA) is 176 Å². The molecular formula is C45H50N2O14. The van der Waals surface area contributed by atoms with Crippen LogP contribution in [0.1, 0.15) is 39.8 Å². The van der Waals surface area contributed by atoms with Gasteiger partial charge in [0.1, 0.15) is 18.1 Å². The van der Waals surface area contributed by atoms with Gasteiger partial charge >= 0.3 is 12.1 Å². The highest BCUT2D eigenvalue weighted by Crippen LogP contribution is 2.53. The van der Waals surface area contributed by atoms with Gasteiger partial charge in [0.25, 0.3) is 0 Å². The second-order valence-electron chi connectivity index (χ2n) is 13.4. The van der Waals surface area contributed by atoms with E-state index in [2.05, 4.69) is 5.32 Å². The lowest BCUT2D eigenvalue weighted by Crippen LogP contribution is -2.42. The molecule has 5 rings (SSSR count). The van der Waals surface area contributed by atoms with Crippen molar-refractivity contribution in [2.24, 2.45) is 0 Å². The van der Waals surface area contributed by atoms with Crippen molar-refractivity contribution in [1.82, 2.24) is 10.2 Å². The molecule has 0 aliphatic carbocycles. The van der Waals surface area contributed by atoms with Crippen LogP contribution in [0.4, 0.5) is 4.79 Å². The van der Waals surface area contributed by atoms with Crippen LogP contribution < -0.4 is 43.2 Å². The third kappa shape index (κ3) is 10.0. The first-order valence-electron chi connectivity index (χ1n) is 19.0. The number of hydrogen-bond donors (Lipinski definition) is 1. The van der Waals surface area contributed by atoms with Crippen molar-refractivity contribution in [3.63, 3.8) is 0 Å². The minimum atomic E-state index is -1.19. The summed E-state index contributed by atoms with van der Waals surface area (Å²) in [5.74, 6) is 0.138. The van der Waals surface area contributed by atoms with Gasteiger partial charge in [-0.05, 0) is 77.2 Å². The lowest BCUT2D eigenvalue weighted by atomic mass is 9.86. The zero-order chi connectivity index (χ0) is 44.2. The van der Waals surface area contributed by atoms with Crippen molar-refractivity contribution in [3.05, 3.63) is 101 Å². The van der Waals surface area contributed by atoms with Gasteiger partial charge in [0.2, 0.25) is 11.8 Å². The average Bonchev–Trinajstić information content (AvgIpc) is 3.70. The van der Waals surface area contributed by atoms with E-state index in [9.17, 15) is 14.4 Å². The monoisotopic (exact) mass is 842 g/mol. The van der Waals surface area contributed by atoms with Gasteiger partial charge in [-0.25, -0.2) is 14.5 Å². The van der Waals surface area contributed by atoms with Crippen molar-refractivity contribution < 1.29 is 66.5 Å².